The van der Waals surface area contributed by atoms with Gasteiger partial charge in [0.15, 0.2) is 10.8 Å². The Morgan fingerprint density at radius 2 is 1.96 bits per heavy atom. The zero-order valence-electron chi connectivity index (χ0n) is 15.2. The number of hydrogen-bond donors (Lipinski definition) is 0. The smallest absolute Gasteiger partial charge is 0.305 e. The Morgan fingerprint density at radius 1 is 1.19 bits per heavy atom. The molecule has 0 bridgehead atoms. The first kappa shape index (κ1) is 18.8. The Balaban J connectivity index is 1.86. The summed E-state index contributed by atoms with van der Waals surface area (Å²) in [6.45, 7) is 0.455. The second-order valence-corrected chi connectivity index (χ2v) is 6.95. The van der Waals surface area contributed by atoms with Gasteiger partial charge in [0.1, 0.15) is 4.88 Å². The number of rotatable bonds is 7. The number of aromatic nitrogens is 1. The van der Waals surface area contributed by atoms with E-state index in [1.165, 1.54) is 18.4 Å². The van der Waals surface area contributed by atoms with Gasteiger partial charge in [-0.05, 0) is 18.6 Å². The van der Waals surface area contributed by atoms with E-state index in [1.807, 2.05) is 36.4 Å². The van der Waals surface area contributed by atoms with E-state index in [0.29, 0.717) is 34.3 Å². The first-order chi connectivity index (χ1) is 13.1. The summed E-state index contributed by atoms with van der Waals surface area (Å²) in [4.78, 5) is 31.1. The summed E-state index contributed by atoms with van der Waals surface area (Å²) in [5.74, 6) is 0.220. The molecule has 2 heterocycles. The molecule has 0 radical (unpaired) electrons. The van der Waals surface area contributed by atoms with Crippen molar-refractivity contribution in [2.45, 2.75) is 12.8 Å². The molecule has 0 unspecified atom stereocenters. The van der Waals surface area contributed by atoms with Gasteiger partial charge < -0.3 is 14.1 Å². The highest BCUT2D eigenvalue weighted by Gasteiger charge is 2.23. The van der Waals surface area contributed by atoms with Crippen molar-refractivity contribution in [3.05, 3.63) is 53.6 Å². The van der Waals surface area contributed by atoms with Crippen LogP contribution in [0.3, 0.4) is 0 Å². The zero-order chi connectivity index (χ0) is 19.2. The molecule has 3 rings (SSSR count). The van der Waals surface area contributed by atoms with E-state index in [0.717, 1.165) is 5.56 Å². The van der Waals surface area contributed by atoms with Crippen molar-refractivity contribution in [3.63, 3.8) is 0 Å². The molecule has 0 N–H and O–H groups in total. The second-order valence-electron chi connectivity index (χ2n) is 5.95. The van der Waals surface area contributed by atoms with Gasteiger partial charge in [0.25, 0.3) is 5.91 Å². The summed E-state index contributed by atoms with van der Waals surface area (Å²) in [5.41, 5.74) is 1.51. The molecule has 1 aromatic carbocycles. The number of carbonyl (C=O) groups is 2. The zero-order valence-corrected chi connectivity index (χ0v) is 16.0. The first-order valence-electron chi connectivity index (χ1n) is 8.52. The molecule has 7 heteroatoms. The summed E-state index contributed by atoms with van der Waals surface area (Å²) >= 11 is 1.31. The Morgan fingerprint density at radius 3 is 2.63 bits per heavy atom. The standard InChI is InChI=1S/C20H20N2O4S/c1-22(12-6-11-16(23)25-2)20(24)18-17(14-8-4-3-5-9-14)21-19(27-18)15-10-7-13-26-15/h3-5,7-10,13H,6,11-12H2,1-2H3. The highest BCUT2D eigenvalue weighted by molar-refractivity contribution is 7.17. The van der Waals surface area contributed by atoms with Gasteiger partial charge in [-0.3, -0.25) is 9.59 Å². The monoisotopic (exact) mass is 384 g/mol. The summed E-state index contributed by atoms with van der Waals surface area (Å²) in [6.07, 6.45) is 2.40. The topological polar surface area (TPSA) is 72.6 Å². The highest BCUT2D eigenvalue weighted by Crippen LogP contribution is 2.34. The molecule has 0 spiro atoms. The van der Waals surface area contributed by atoms with Crippen LogP contribution in [-0.4, -0.2) is 42.5 Å². The third-order valence-electron chi connectivity index (χ3n) is 4.05. The molecule has 0 saturated heterocycles. The van der Waals surface area contributed by atoms with Gasteiger partial charge in [0, 0.05) is 25.6 Å². The average Bonchev–Trinajstić information content (AvgIpc) is 3.37. The van der Waals surface area contributed by atoms with E-state index < -0.39 is 0 Å². The quantitative estimate of drug-likeness (QED) is 0.574. The molecule has 0 fully saturated rings. The van der Waals surface area contributed by atoms with Crippen LogP contribution in [-0.2, 0) is 9.53 Å². The number of furan rings is 1. The molecule has 6 nitrogen and oxygen atoms in total. The van der Waals surface area contributed by atoms with Crippen molar-refractivity contribution in [2.24, 2.45) is 0 Å². The van der Waals surface area contributed by atoms with Crippen LogP contribution in [0.25, 0.3) is 22.0 Å². The minimum Gasteiger partial charge on any atom is -0.469 e. The van der Waals surface area contributed by atoms with Crippen LogP contribution in [0, 0.1) is 0 Å². The third-order valence-corrected chi connectivity index (χ3v) is 5.11. The lowest BCUT2D eigenvalue weighted by Crippen LogP contribution is -2.28. The molecule has 0 aliphatic heterocycles. The number of hydrogen-bond acceptors (Lipinski definition) is 6. The fourth-order valence-corrected chi connectivity index (χ4v) is 3.65. The fraction of sp³-hybridized carbons (Fsp3) is 0.250. The van der Waals surface area contributed by atoms with Crippen molar-refractivity contribution in [3.8, 4) is 22.0 Å². The predicted octanol–water partition coefficient (Wildman–Crippen LogP) is 4.10. The molecule has 1 amide bonds. The van der Waals surface area contributed by atoms with Crippen LogP contribution in [0.5, 0.6) is 0 Å². The molecule has 3 aromatic rings. The van der Waals surface area contributed by atoms with Crippen molar-refractivity contribution < 1.29 is 18.7 Å². The summed E-state index contributed by atoms with van der Waals surface area (Å²) in [5, 5.41) is 0.658. The van der Waals surface area contributed by atoms with Crippen molar-refractivity contribution >= 4 is 23.2 Å². The van der Waals surface area contributed by atoms with Gasteiger partial charge in [-0.2, -0.15) is 0 Å². The largest absolute Gasteiger partial charge is 0.469 e. The minimum absolute atomic E-state index is 0.131. The second kappa shape index (κ2) is 8.64. The Labute approximate surface area is 161 Å². The number of amides is 1. The molecule has 0 saturated carbocycles. The summed E-state index contributed by atoms with van der Waals surface area (Å²) in [7, 11) is 3.08. The third kappa shape index (κ3) is 4.43. The molecule has 2 aromatic heterocycles. The van der Waals surface area contributed by atoms with E-state index in [9.17, 15) is 9.59 Å². The minimum atomic E-state index is -0.279. The normalized spacial score (nSPS) is 10.6. The molecule has 0 aliphatic rings. The van der Waals surface area contributed by atoms with Gasteiger partial charge in [0.2, 0.25) is 0 Å². The average molecular weight is 384 g/mol. The van der Waals surface area contributed by atoms with Gasteiger partial charge >= 0.3 is 5.97 Å². The SMILES string of the molecule is COC(=O)CCCN(C)C(=O)c1sc(-c2ccco2)nc1-c1ccccc1. The van der Waals surface area contributed by atoms with Crippen LogP contribution in [0.1, 0.15) is 22.5 Å². The van der Waals surface area contributed by atoms with Gasteiger partial charge in [-0.25, -0.2) is 4.98 Å². The number of ether oxygens (including phenoxy) is 1. The molecular weight excluding hydrogens is 364 g/mol. The van der Waals surface area contributed by atoms with Gasteiger partial charge in [0.05, 0.1) is 19.1 Å². The lowest BCUT2D eigenvalue weighted by atomic mass is 10.1. The van der Waals surface area contributed by atoms with E-state index >= 15 is 0 Å². The summed E-state index contributed by atoms with van der Waals surface area (Å²) in [6, 6.07) is 13.2. The molecular formula is C20H20N2O4S. The van der Waals surface area contributed by atoms with E-state index in [1.54, 1.807) is 24.3 Å². The van der Waals surface area contributed by atoms with Crippen molar-refractivity contribution in [2.75, 3.05) is 20.7 Å². The Hall–Kier alpha value is -2.93. The molecule has 0 aliphatic carbocycles. The van der Waals surface area contributed by atoms with Crippen LogP contribution in [0.4, 0.5) is 0 Å². The predicted molar refractivity (Wildman–Crippen MR) is 103 cm³/mol. The fourth-order valence-electron chi connectivity index (χ4n) is 2.60. The number of carbonyl (C=O) groups excluding carboxylic acids is 2. The van der Waals surface area contributed by atoms with E-state index in [4.69, 9.17) is 4.42 Å². The number of thiazole rings is 1. The maximum absolute atomic E-state index is 13.0. The van der Waals surface area contributed by atoms with Crippen LogP contribution in [0.15, 0.2) is 53.1 Å². The lowest BCUT2D eigenvalue weighted by Gasteiger charge is -2.16. The molecule has 140 valence electrons. The van der Waals surface area contributed by atoms with Crippen LogP contribution in [0.2, 0.25) is 0 Å². The summed E-state index contributed by atoms with van der Waals surface area (Å²) < 4.78 is 10.1. The number of nitrogens with zero attached hydrogens (tertiary/aromatic N) is 2. The van der Waals surface area contributed by atoms with Crippen LogP contribution < -0.4 is 0 Å². The van der Waals surface area contributed by atoms with Crippen molar-refractivity contribution in [1.29, 1.82) is 0 Å². The highest BCUT2D eigenvalue weighted by atomic mass is 32.1. The van der Waals surface area contributed by atoms with Gasteiger partial charge in [-0.15, -0.1) is 11.3 Å². The van der Waals surface area contributed by atoms with E-state index in [-0.39, 0.29) is 18.3 Å². The number of benzene rings is 1. The number of methoxy groups -OCH3 is 1. The first-order valence-corrected chi connectivity index (χ1v) is 9.34. The molecule has 27 heavy (non-hydrogen) atoms. The Kier molecular flexibility index (Phi) is 6.03. The van der Waals surface area contributed by atoms with Gasteiger partial charge in [-0.1, -0.05) is 30.3 Å². The number of esters is 1. The van der Waals surface area contributed by atoms with E-state index in [2.05, 4.69) is 9.72 Å². The maximum atomic E-state index is 13.0. The van der Waals surface area contributed by atoms with Crippen molar-refractivity contribution in [1.82, 2.24) is 9.88 Å². The molecule has 0 atom stereocenters. The maximum Gasteiger partial charge on any atom is 0.305 e. The van der Waals surface area contributed by atoms with Crippen LogP contribution >= 0.6 is 11.3 Å². The Bertz CT molecular complexity index is 903. The lowest BCUT2D eigenvalue weighted by molar-refractivity contribution is -0.140.